The number of carboxylic acids is 1. The summed E-state index contributed by atoms with van der Waals surface area (Å²) in [5.74, 6) is -2.13. The van der Waals surface area contributed by atoms with E-state index in [0.717, 1.165) is 6.08 Å². The second kappa shape index (κ2) is 4.45. The van der Waals surface area contributed by atoms with E-state index in [0.29, 0.717) is 6.08 Å². The van der Waals surface area contributed by atoms with Crippen LogP contribution in [0.4, 0.5) is 0 Å². The Balaban J connectivity index is 3.78. The van der Waals surface area contributed by atoms with E-state index in [1.165, 1.54) is 6.92 Å². The molecular weight excluding hydrogens is 152 g/mol. The van der Waals surface area contributed by atoms with E-state index in [-0.39, 0.29) is 0 Å². The number of carbonyl (C=O) groups excluding carboxylic acids is 1. The molecule has 1 unspecified atom stereocenters. The van der Waals surface area contributed by atoms with Crippen LogP contribution in [0.5, 0.6) is 0 Å². The summed E-state index contributed by atoms with van der Waals surface area (Å²) in [6.45, 7) is 1.24. The molecule has 0 heterocycles. The number of carbonyl (C=O) groups is 2. The summed E-state index contributed by atoms with van der Waals surface area (Å²) in [5, 5.41) is 16.5. The molecule has 0 radical (unpaired) electrons. The fourth-order valence-corrected chi connectivity index (χ4v) is 0.347. The highest BCUT2D eigenvalue weighted by atomic mass is 16.6. The van der Waals surface area contributed by atoms with Crippen molar-refractivity contribution in [3.8, 4) is 0 Å². The zero-order chi connectivity index (χ0) is 8.85. The lowest BCUT2D eigenvalue weighted by atomic mass is 10.5. The van der Waals surface area contributed by atoms with Crippen LogP contribution in [-0.4, -0.2) is 28.4 Å². The highest BCUT2D eigenvalue weighted by Gasteiger charge is 2.01. The SMILES string of the molecule is CC(O)OC(=O)/C=C/C(=O)O. The van der Waals surface area contributed by atoms with Crippen LogP contribution in [-0.2, 0) is 14.3 Å². The van der Waals surface area contributed by atoms with E-state index in [2.05, 4.69) is 4.74 Å². The summed E-state index contributed by atoms with van der Waals surface area (Å²) >= 11 is 0. The van der Waals surface area contributed by atoms with Gasteiger partial charge in [-0.2, -0.15) is 0 Å². The number of aliphatic hydroxyl groups is 1. The van der Waals surface area contributed by atoms with Crippen molar-refractivity contribution in [3.63, 3.8) is 0 Å². The fraction of sp³-hybridized carbons (Fsp3) is 0.333. The van der Waals surface area contributed by atoms with Crippen molar-refractivity contribution in [3.05, 3.63) is 12.2 Å². The van der Waals surface area contributed by atoms with Gasteiger partial charge in [-0.1, -0.05) is 0 Å². The molecule has 0 aromatic rings. The lowest BCUT2D eigenvalue weighted by Crippen LogP contribution is -2.11. The van der Waals surface area contributed by atoms with E-state index in [1.807, 2.05) is 0 Å². The van der Waals surface area contributed by atoms with Crippen LogP contribution < -0.4 is 0 Å². The molecule has 11 heavy (non-hydrogen) atoms. The van der Waals surface area contributed by atoms with Crippen molar-refractivity contribution in [1.82, 2.24) is 0 Å². The summed E-state index contributed by atoms with van der Waals surface area (Å²) in [6.07, 6.45) is 0.126. The topological polar surface area (TPSA) is 83.8 Å². The summed E-state index contributed by atoms with van der Waals surface area (Å²) < 4.78 is 4.17. The third-order valence-corrected chi connectivity index (χ3v) is 0.649. The Morgan fingerprint density at radius 2 is 2.00 bits per heavy atom. The van der Waals surface area contributed by atoms with Crippen molar-refractivity contribution >= 4 is 11.9 Å². The summed E-state index contributed by atoms with van der Waals surface area (Å²) in [4.78, 5) is 20.3. The minimum absolute atomic E-state index is 0.630. The first-order valence-corrected chi connectivity index (χ1v) is 2.82. The molecular formula is C6H8O5. The third kappa shape index (κ3) is 6.53. The molecule has 5 heteroatoms. The van der Waals surface area contributed by atoms with Gasteiger partial charge in [-0.05, 0) is 6.92 Å². The lowest BCUT2D eigenvalue weighted by molar-refractivity contribution is -0.158. The molecule has 0 aromatic heterocycles. The lowest BCUT2D eigenvalue weighted by Gasteiger charge is -2.01. The molecule has 62 valence electrons. The summed E-state index contributed by atoms with van der Waals surface area (Å²) in [5.41, 5.74) is 0. The van der Waals surface area contributed by atoms with Gasteiger partial charge < -0.3 is 14.9 Å². The van der Waals surface area contributed by atoms with Crippen molar-refractivity contribution < 1.29 is 24.5 Å². The standard InChI is InChI=1S/C6H8O5/c1-4(7)11-6(10)3-2-5(8)9/h2-4,7H,1H3,(H,8,9)/b3-2+. The van der Waals surface area contributed by atoms with Gasteiger partial charge in [-0.15, -0.1) is 0 Å². The minimum Gasteiger partial charge on any atom is -0.478 e. The molecule has 5 nitrogen and oxygen atoms in total. The quantitative estimate of drug-likeness (QED) is 0.330. The van der Waals surface area contributed by atoms with E-state index in [1.54, 1.807) is 0 Å². The van der Waals surface area contributed by atoms with Crippen LogP contribution in [0.25, 0.3) is 0 Å². The molecule has 0 amide bonds. The average molecular weight is 160 g/mol. The number of aliphatic carboxylic acids is 1. The zero-order valence-corrected chi connectivity index (χ0v) is 5.85. The molecule has 0 aromatic carbocycles. The van der Waals surface area contributed by atoms with Crippen LogP contribution in [0, 0.1) is 0 Å². The predicted octanol–water partition coefficient (Wildman–Crippen LogP) is -0.491. The van der Waals surface area contributed by atoms with Gasteiger partial charge in [0.1, 0.15) is 0 Å². The van der Waals surface area contributed by atoms with Crippen molar-refractivity contribution in [2.45, 2.75) is 13.2 Å². The van der Waals surface area contributed by atoms with E-state index in [9.17, 15) is 9.59 Å². The summed E-state index contributed by atoms with van der Waals surface area (Å²) in [7, 11) is 0. The second-order valence-corrected chi connectivity index (χ2v) is 1.71. The van der Waals surface area contributed by atoms with Gasteiger partial charge in [0.15, 0.2) is 6.29 Å². The fourth-order valence-electron chi connectivity index (χ4n) is 0.347. The molecule has 0 fully saturated rings. The number of rotatable bonds is 3. The maximum atomic E-state index is 10.4. The second-order valence-electron chi connectivity index (χ2n) is 1.71. The molecule has 2 N–H and O–H groups in total. The van der Waals surface area contributed by atoms with E-state index < -0.39 is 18.2 Å². The normalized spacial score (nSPS) is 12.9. The molecule has 0 saturated heterocycles. The number of hydrogen-bond acceptors (Lipinski definition) is 4. The zero-order valence-electron chi connectivity index (χ0n) is 5.85. The van der Waals surface area contributed by atoms with Crippen LogP contribution in [0.15, 0.2) is 12.2 Å². The van der Waals surface area contributed by atoms with Crippen LogP contribution in [0.3, 0.4) is 0 Å². The highest BCUT2D eigenvalue weighted by molar-refractivity contribution is 5.90. The first-order chi connectivity index (χ1) is 5.02. The van der Waals surface area contributed by atoms with Gasteiger partial charge in [0, 0.05) is 12.2 Å². The van der Waals surface area contributed by atoms with Crippen molar-refractivity contribution in [2.75, 3.05) is 0 Å². The van der Waals surface area contributed by atoms with Gasteiger partial charge in [0.2, 0.25) is 0 Å². The first kappa shape index (κ1) is 9.64. The Kier molecular flexibility index (Phi) is 3.90. The Labute approximate surface area is 62.9 Å². The molecule has 0 aliphatic heterocycles. The van der Waals surface area contributed by atoms with Crippen LogP contribution in [0.1, 0.15) is 6.92 Å². The first-order valence-electron chi connectivity index (χ1n) is 2.82. The molecule has 1 atom stereocenters. The van der Waals surface area contributed by atoms with Gasteiger partial charge in [-0.25, -0.2) is 9.59 Å². The molecule has 0 bridgehead atoms. The Morgan fingerprint density at radius 3 is 2.36 bits per heavy atom. The number of aliphatic hydroxyl groups excluding tert-OH is 1. The Bertz CT molecular complexity index is 181. The van der Waals surface area contributed by atoms with Crippen LogP contribution >= 0.6 is 0 Å². The van der Waals surface area contributed by atoms with Crippen LogP contribution in [0.2, 0.25) is 0 Å². The van der Waals surface area contributed by atoms with E-state index >= 15 is 0 Å². The molecule has 0 aliphatic carbocycles. The monoisotopic (exact) mass is 160 g/mol. The van der Waals surface area contributed by atoms with Gasteiger partial charge in [0.25, 0.3) is 0 Å². The minimum atomic E-state index is -1.24. The Morgan fingerprint density at radius 1 is 1.45 bits per heavy atom. The molecule has 0 spiro atoms. The number of hydrogen-bond donors (Lipinski definition) is 2. The maximum absolute atomic E-state index is 10.4. The maximum Gasteiger partial charge on any atom is 0.333 e. The number of carboxylic acid groups (broad SMARTS) is 1. The van der Waals surface area contributed by atoms with Gasteiger partial charge in [0.05, 0.1) is 0 Å². The predicted molar refractivity (Wildman–Crippen MR) is 34.5 cm³/mol. The molecule has 0 aliphatic rings. The van der Waals surface area contributed by atoms with E-state index in [4.69, 9.17) is 10.2 Å². The molecule has 0 saturated carbocycles. The smallest absolute Gasteiger partial charge is 0.333 e. The van der Waals surface area contributed by atoms with Crippen molar-refractivity contribution in [1.29, 1.82) is 0 Å². The average Bonchev–Trinajstić information content (AvgIpc) is 1.82. The Hall–Kier alpha value is -1.36. The highest BCUT2D eigenvalue weighted by Crippen LogP contribution is 1.87. The largest absolute Gasteiger partial charge is 0.478 e. The van der Waals surface area contributed by atoms with Crippen molar-refractivity contribution in [2.24, 2.45) is 0 Å². The molecule has 0 rings (SSSR count). The number of ether oxygens (including phenoxy) is 1. The van der Waals surface area contributed by atoms with Gasteiger partial charge >= 0.3 is 11.9 Å². The van der Waals surface area contributed by atoms with Gasteiger partial charge in [-0.3, -0.25) is 0 Å². The third-order valence-electron chi connectivity index (χ3n) is 0.649. The summed E-state index contributed by atoms with van der Waals surface area (Å²) in [6, 6.07) is 0. The number of esters is 1.